The molecule has 0 unspecified atom stereocenters. The Morgan fingerprint density at radius 1 is 1.33 bits per heavy atom. The lowest BCUT2D eigenvalue weighted by molar-refractivity contribution is -0.129. The van der Waals surface area contributed by atoms with E-state index in [0.29, 0.717) is 29.5 Å². The highest BCUT2D eigenvalue weighted by atomic mass is 32.2. The Kier molecular flexibility index (Phi) is 5.14. The van der Waals surface area contributed by atoms with Gasteiger partial charge in [-0.1, -0.05) is 6.07 Å². The summed E-state index contributed by atoms with van der Waals surface area (Å²) in [7, 11) is 0. The maximum atomic E-state index is 12.5. The van der Waals surface area contributed by atoms with Gasteiger partial charge in [0.25, 0.3) is 0 Å². The summed E-state index contributed by atoms with van der Waals surface area (Å²) < 4.78 is 0. The molecule has 0 bridgehead atoms. The topological polar surface area (TPSA) is 45.2 Å². The Bertz CT molecular complexity index is 458. The van der Waals surface area contributed by atoms with Crippen molar-refractivity contribution < 1.29 is 4.79 Å². The molecule has 1 aromatic heterocycles. The van der Waals surface area contributed by atoms with Gasteiger partial charge in [-0.2, -0.15) is 0 Å². The SMILES string of the molecule is O=C(CSC1CCNCC1)N(Cc1cccnc1)C1CC1. The number of aromatic nitrogens is 1. The fourth-order valence-corrected chi connectivity index (χ4v) is 3.84. The van der Waals surface area contributed by atoms with E-state index in [0.717, 1.165) is 31.5 Å². The van der Waals surface area contributed by atoms with E-state index >= 15 is 0 Å². The molecular formula is C16H23N3OS. The van der Waals surface area contributed by atoms with Crippen molar-refractivity contribution in [1.29, 1.82) is 0 Å². The number of carbonyl (C=O) groups excluding carboxylic acids is 1. The molecule has 1 N–H and O–H groups in total. The monoisotopic (exact) mass is 305 g/mol. The van der Waals surface area contributed by atoms with Gasteiger partial charge in [-0.15, -0.1) is 11.8 Å². The van der Waals surface area contributed by atoms with Crippen molar-refractivity contribution in [2.45, 2.75) is 43.5 Å². The van der Waals surface area contributed by atoms with Crippen LogP contribution in [0.1, 0.15) is 31.2 Å². The van der Waals surface area contributed by atoms with Crippen LogP contribution in [0.2, 0.25) is 0 Å². The molecule has 1 saturated heterocycles. The van der Waals surface area contributed by atoms with E-state index in [4.69, 9.17) is 0 Å². The molecule has 0 atom stereocenters. The van der Waals surface area contributed by atoms with Crippen LogP contribution in [0.15, 0.2) is 24.5 Å². The van der Waals surface area contributed by atoms with Crippen molar-refractivity contribution in [2.24, 2.45) is 0 Å². The number of hydrogen-bond donors (Lipinski definition) is 1. The second kappa shape index (κ2) is 7.27. The van der Waals surface area contributed by atoms with Crippen molar-refractivity contribution in [3.05, 3.63) is 30.1 Å². The van der Waals surface area contributed by atoms with Gasteiger partial charge in [-0.05, 0) is 50.4 Å². The molecule has 1 aliphatic carbocycles. The van der Waals surface area contributed by atoms with Gasteiger partial charge >= 0.3 is 0 Å². The van der Waals surface area contributed by atoms with Crippen LogP contribution in [0.25, 0.3) is 0 Å². The quantitative estimate of drug-likeness (QED) is 0.874. The number of thioether (sulfide) groups is 1. The van der Waals surface area contributed by atoms with Gasteiger partial charge in [0.2, 0.25) is 5.91 Å². The lowest BCUT2D eigenvalue weighted by atomic mass is 10.2. The van der Waals surface area contributed by atoms with Crippen molar-refractivity contribution in [3.8, 4) is 0 Å². The third-order valence-corrected chi connectivity index (χ3v) is 5.47. The molecule has 1 aliphatic heterocycles. The Labute approximate surface area is 130 Å². The van der Waals surface area contributed by atoms with Crippen LogP contribution in [0.3, 0.4) is 0 Å². The number of nitrogens with zero attached hydrogens (tertiary/aromatic N) is 2. The summed E-state index contributed by atoms with van der Waals surface area (Å²) in [6.45, 7) is 2.89. The van der Waals surface area contributed by atoms with Crippen LogP contribution in [0, 0.1) is 0 Å². The van der Waals surface area contributed by atoms with Gasteiger partial charge in [-0.3, -0.25) is 9.78 Å². The number of nitrogens with one attached hydrogen (secondary N) is 1. The summed E-state index contributed by atoms with van der Waals surface area (Å²) in [6.07, 6.45) is 8.32. The molecule has 0 aromatic carbocycles. The molecule has 1 aromatic rings. The second-order valence-corrected chi connectivity index (χ2v) is 7.16. The van der Waals surface area contributed by atoms with Gasteiger partial charge in [0.1, 0.15) is 0 Å². The van der Waals surface area contributed by atoms with Gasteiger partial charge in [-0.25, -0.2) is 0 Å². The standard InChI is InChI=1S/C16H23N3OS/c20-16(12-21-15-5-8-17-9-6-15)19(14-3-4-14)11-13-2-1-7-18-10-13/h1-2,7,10,14-15,17H,3-6,8-9,11-12H2. The Morgan fingerprint density at radius 2 is 2.14 bits per heavy atom. The summed E-state index contributed by atoms with van der Waals surface area (Å²) in [5.74, 6) is 0.923. The van der Waals surface area contributed by atoms with Crippen molar-refractivity contribution in [2.75, 3.05) is 18.8 Å². The minimum Gasteiger partial charge on any atom is -0.335 e. The van der Waals surface area contributed by atoms with Crippen molar-refractivity contribution >= 4 is 17.7 Å². The highest BCUT2D eigenvalue weighted by Gasteiger charge is 2.32. The number of piperidine rings is 1. The van der Waals surface area contributed by atoms with Gasteiger partial charge in [0, 0.05) is 30.2 Å². The van der Waals surface area contributed by atoms with Crippen molar-refractivity contribution in [1.82, 2.24) is 15.2 Å². The first-order chi connectivity index (χ1) is 10.3. The van der Waals surface area contributed by atoms with Gasteiger partial charge < -0.3 is 10.2 Å². The first-order valence-electron chi connectivity index (χ1n) is 7.83. The largest absolute Gasteiger partial charge is 0.335 e. The summed E-state index contributed by atoms with van der Waals surface area (Å²) in [6, 6.07) is 4.45. The molecule has 2 aliphatic rings. The molecule has 3 rings (SSSR count). The highest BCUT2D eigenvalue weighted by molar-refractivity contribution is 8.00. The number of pyridine rings is 1. The Morgan fingerprint density at radius 3 is 2.81 bits per heavy atom. The van der Waals surface area contributed by atoms with Crippen LogP contribution >= 0.6 is 11.8 Å². The smallest absolute Gasteiger partial charge is 0.233 e. The summed E-state index contributed by atoms with van der Waals surface area (Å²) in [4.78, 5) is 18.7. The average Bonchev–Trinajstić information content (AvgIpc) is 3.37. The fourth-order valence-electron chi connectivity index (χ4n) is 2.73. The number of carbonyl (C=O) groups is 1. The van der Waals surface area contributed by atoms with Crippen LogP contribution in [-0.4, -0.2) is 45.9 Å². The van der Waals surface area contributed by atoms with E-state index in [1.54, 1.807) is 6.20 Å². The van der Waals surface area contributed by atoms with Gasteiger partial charge in [0.05, 0.1) is 5.75 Å². The zero-order valence-electron chi connectivity index (χ0n) is 12.3. The zero-order valence-corrected chi connectivity index (χ0v) is 13.1. The predicted octanol–water partition coefficient (Wildman–Crippen LogP) is 2.06. The minimum absolute atomic E-state index is 0.296. The summed E-state index contributed by atoms with van der Waals surface area (Å²) >= 11 is 1.84. The molecule has 0 radical (unpaired) electrons. The third kappa shape index (κ3) is 4.45. The zero-order chi connectivity index (χ0) is 14.5. The number of amides is 1. The van der Waals surface area contributed by atoms with E-state index in [1.165, 1.54) is 12.8 Å². The van der Waals surface area contributed by atoms with E-state index < -0.39 is 0 Å². The third-order valence-electron chi connectivity index (χ3n) is 4.11. The van der Waals surface area contributed by atoms with Crippen LogP contribution < -0.4 is 5.32 Å². The molecule has 2 fully saturated rings. The molecule has 5 heteroatoms. The lowest BCUT2D eigenvalue weighted by Gasteiger charge is -2.25. The molecule has 4 nitrogen and oxygen atoms in total. The summed E-state index contributed by atoms with van der Waals surface area (Å²) in [5, 5.41) is 4.02. The summed E-state index contributed by atoms with van der Waals surface area (Å²) in [5.41, 5.74) is 1.13. The number of rotatable bonds is 6. The van der Waals surface area contributed by atoms with Gasteiger partial charge in [0.15, 0.2) is 0 Å². The average molecular weight is 305 g/mol. The van der Waals surface area contributed by atoms with E-state index in [-0.39, 0.29) is 0 Å². The van der Waals surface area contributed by atoms with E-state index in [1.807, 2.05) is 24.0 Å². The predicted molar refractivity (Wildman–Crippen MR) is 86.2 cm³/mol. The van der Waals surface area contributed by atoms with Crippen molar-refractivity contribution in [3.63, 3.8) is 0 Å². The second-order valence-electron chi connectivity index (χ2n) is 5.87. The molecule has 0 spiro atoms. The first kappa shape index (κ1) is 14.9. The maximum Gasteiger partial charge on any atom is 0.233 e. The molecule has 1 amide bonds. The molecule has 1 saturated carbocycles. The molecule has 2 heterocycles. The molecular weight excluding hydrogens is 282 g/mol. The van der Waals surface area contributed by atoms with Crippen LogP contribution in [0.4, 0.5) is 0 Å². The maximum absolute atomic E-state index is 12.5. The van der Waals surface area contributed by atoms with E-state index in [2.05, 4.69) is 21.3 Å². The normalized spacial score (nSPS) is 19.4. The fraction of sp³-hybridized carbons (Fsp3) is 0.625. The Hall–Kier alpha value is -1.07. The molecule has 21 heavy (non-hydrogen) atoms. The van der Waals surface area contributed by atoms with Crippen LogP contribution in [0.5, 0.6) is 0 Å². The van der Waals surface area contributed by atoms with E-state index in [9.17, 15) is 4.79 Å². The number of hydrogen-bond acceptors (Lipinski definition) is 4. The van der Waals surface area contributed by atoms with Crippen LogP contribution in [-0.2, 0) is 11.3 Å². The lowest BCUT2D eigenvalue weighted by Crippen LogP contribution is -2.35. The highest BCUT2D eigenvalue weighted by Crippen LogP contribution is 2.30. The molecule has 114 valence electrons. The first-order valence-corrected chi connectivity index (χ1v) is 8.88. The minimum atomic E-state index is 0.296. The Balaban J connectivity index is 1.52.